The van der Waals surface area contributed by atoms with Crippen molar-refractivity contribution in [1.82, 2.24) is 5.32 Å². The molecule has 0 aliphatic rings. The highest BCUT2D eigenvalue weighted by molar-refractivity contribution is 7.47. The second-order valence-electron chi connectivity index (χ2n) is 13.1. The first-order valence-corrected chi connectivity index (χ1v) is 21.6. The highest BCUT2D eigenvalue weighted by Gasteiger charge is 2.26. The number of nitrogens with one attached hydrogen (secondary N) is 1. The Balaban J connectivity index is 4.25. The molecule has 0 aromatic heterocycles. The number of carbonyl (C=O) groups is 1. The SMILES string of the molecule is CC/C=C\C/C=C\C/C=C\C/C=C\CCCCCCCCCCC(=O)NC(COP(=O)(O)OCCN)C(O)/C=C/CC/C=C/CCCCCCC. The van der Waals surface area contributed by atoms with Gasteiger partial charge in [-0.15, -0.1) is 0 Å². The highest BCUT2D eigenvalue weighted by atomic mass is 31.2. The number of hydrogen-bond donors (Lipinski definition) is 4. The molecule has 1 amide bonds. The molecular formula is C42H75N2O6P. The summed E-state index contributed by atoms with van der Waals surface area (Å²) in [6.07, 6.45) is 48.1. The van der Waals surface area contributed by atoms with Crippen molar-refractivity contribution < 1.29 is 28.4 Å². The minimum atomic E-state index is -4.35. The molecule has 0 heterocycles. The monoisotopic (exact) mass is 735 g/mol. The fraction of sp³-hybridized carbons (Fsp3) is 0.690. The highest BCUT2D eigenvalue weighted by Crippen LogP contribution is 2.43. The summed E-state index contributed by atoms with van der Waals surface area (Å²) < 4.78 is 22.0. The third-order valence-electron chi connectivity index (χ3n) is 8.27. The van der Waals surface area contributed by atoms with Crippen LogP contribution in [0, 0.1) is 0 Å². The minimum Gasteiger partial charge on any atom is -0.387 e. The molecule has 51 heavy (non-hydrogen) atoms. The van der Waals surface area contributed by atoms with E-state index in [1.54, 1.807) is 6.08 Å². The van der Waals surface area contributed by atoms with Crippen molar-refractivity contribution in [2.75, 3.05) is 19.8 Å². The van der Waals surface area contributed by atoms with Gasteiger partial charge < -0.3 is 21.1 Å². The molecule has 5 N–H and O–H groups in total. The first-order chi connectivity index (χ1) is 24.9. The molecule has 0 bridgehead atoms. The Morgan fingerprint density at radius 3 is 1.75 bits per heavy atom. The van der Waals surface area contributed by atoms with Crippen LogP contribution in [0.4, 0.5) is 0 Å². The van der Waals surface area contributed by atoms with Crippen molar-refractivity contribution in [3.05, 3.63) is 72.9 Å². The minimum absolute atomic E-state index is 0.0689. The quantitative estimate of drug-likeness (QED) is 0.0286. The van der Waals surface area contributed by atoms with Gasteiger partial charge in [0.2, 0.25) is 5.91 Å². The predicted octanol–water partition coefficient (Wildman–Crippen LogP) is 10.9. The lowest BCUT2D eigenvalue weighted by molar-refractivity contribution is -0.123. The molecule has 0 radical (unpaired) electrons. The second kappa shape index (κ2) is 37.7. The number of phosphoric ester groups is 1. The Hall–Kier alpha value is -2.06. The summed E-state index contributed by atoms with van der Waals surface area (Å²) >= 11 is 0. The zero-order chi connectivity index (χ0) is 37.5. The average molecular weight is 735 g/mol. The molecule has 0 spiro atoms. The van der Waals surface area contributed by atoms with E-state index in [4.69, 9.17) is 14.8 Å². The molecule has 9 heteroatoms. The van der Waals surface area contributed by atoms with Gasteiger partial charge in [-0.05, 0) is 70.6 Å². The molecule has 0 saturated carbocycles. The van der Waals surface area contributed by atoms with Crippen LogP contribution in [-0.4, -0.2) is 47.8 Å². The van der Waals surface area contributed by atoms with Crippen molar-refractivity contribution >= 4 is 13.7 Å². The van der Waals surface area contributed by atoms with Crippen LogP contribution >= 0.6 is 7.82 Å². The summed E-state index contributed by atoms with van der Waals surface area (Å²) in [6.45, 7) is 3.94. The number of hydrogen-bond acceptors (Lipinski definition) is 6. The third-order valence-corrected chi connectivity index (χ3v) is 9.25. The number of aliphatic hydroxyl groups is 1. The number of rotatable bonds is 36. The molecule has 0 aromatic rings. The fourth-order valence-corrected chi connectivity index (χ4v) is 6.01. The number of aliphatic hydroxyl groups excluding tert-OH is 1. The normalized spacial score (nSPS) is 15.0. The van der Waals surface area contributed by atoms with Crippen LogP contribution in [-0.2, 0) is 18.4 Å². The summed E-state index contributed by atoms with van der Waals surface area (Å²) in [5.74, 6) is -0.218. The summed E-state index contributed by atoms with van der Waals surface area (Å²) in [6, 6.07) is -0.883. The summed E-state index contributed by atoms with van der Waals surface area (Å²) in [7, 11) is -4.35. The first kappa shape index (κ1) is 48.9. The van der Waals surface area contributed by atoms with E-state index in [1.165, 1.54) is 57.8 Å². The van der Waals surface area contributed by atoms with Crippen LogP contribution in [0.15, 0.2) is 72.9 Å². The Labute approximate surface area is 312 Å². The lowest BCUT2D eigenvalue weighted by atomic mass is 10.1. The van der Waals surface area contributed by atoms with Gasteiger partial charge >= 0.3 is 7.82 Å². The lowest BCUT2D eigenvalue weighted by Crippen LogP contribution is -2.45. The maximum absolute atomic E-state index is 12.7. The van der Waals surface area contributed by atoms with E-state index in [2.05, 4.69) is 79.9 Å². The number of amides is 1. The molecule has 8 nitrogen and oxygen atoms in total. The maximum Gasteiger partial charge on any atom is 0.472 e. The van der Waals surface area contributed by atoms with Crippen LogP contribution in [0.25, 0.3) is 0 Å². The Morgan fingerprint density at radius 1 is 0.667 bits per heavy atom. The van der Waals surface area contributed by atoms with Crippen molar-refractivity contribution in [2.24, 2.45) is 5.73 Å². The van der Waals surface area contributed by atoms with Crippen molar-refractivity contribution in [3.63, 3.8) is 0 Å². The van der Waals surface area contributed by atoms with E-state index in [-0.39, 0.29) is 25.7 Å². The predicted molar refractivity (Wildman–Crippen MR) is 216 cm³/mol. The van der Waals surface area contributed by atoms with E-state index in [0.29, 0.717) is 6.42 Å². The molecule has 0 fully saturated rings. The number of allylic oxidation sites excluding steroid dienone is 11. The standard InChI is InChI=1S/C42H75N2O6P/c1-3-5-7-9-11-13-15-16-17-18-19-20-21-22-23-24-26-28-30-32-34-36-42(46)44-40(39-50-51(47,48)49-38-37-43)41(45)35-33-31-29-27-25-14-12-10-8-6-4-2/h5,7,11,13,16-17,19-20,25,27,33,35,40-41,45H,3-4,6,8-10,12,14-15,18,21-24,26,28-32,34,36-39,43H2,1-2H3,(H,44,46)(H,47,48)/b7-5-,13-11-,17-16-,20-19-,27-25+,35-33+. The van der Waals surface area contributed by atoms with Crippen molar-refractivity contribution in [2.45, 2.75) is 167 Å². The fourth-order valence-electron chi connectivity index (χ4n) is 5.25. The molecule has 3 unspecified atom stereocenters. The number of nitrogens with two attached hydrogens (primary N) is 1. The van der Waals surface area contributed by atoms with Gasteiger partial charge in [-0.1, -0.05) is 151 Å². The van der Waals surface area contributed by atoms with E-state index in [1.807, 2.05) is 6.08 Å². The van der Waals surface area contributed by atoms with Gasteiger partial charge in [-0.2, -0.15) is 0 Å². The number of carbonyl (C=O) groups excluding carboxylic acids is 1. The van der Waals surface area contributed by atoms with Gasteiger partial charge in [-0.25, -0.2) is 4.57 Å². The largest absolute Gasteiger partial charge is 0.472 e. The molecule has 0 aliphatic heterocycles. The molecule has 0 aliphatic carbocycles. The zero-order valence-corrected chi connectivity index (χ0v) is 33.2. The first-order valence-electron chi connectivity index (χ1n) is 20.1. The molecule has 0 rings (SSSR count). The smallest absolute Gasteiger partial charge is 0.387 e. The van der Waals surface area contributed by atoms with Crippen LogP contribution in [0.2, 0.25) is 0 Å². The van der Waals surface area contributed by atoms with Crippen LogP contribution in [0.5, 0.6) is 0 Å². The van der Waals surface area contributed by atoms with Gasteiger partial charge in [0, 0.05) is 13.0 Å². The van der Waals surface area contributed by atoms with Gasteiger partial charge in [0.15, 0.2) is 0 Å². The molecular weight excluding hydrogens is 659 g/mol. The second-order valence-corrected chi connectivity index (χ2v) is 14.6. The number of unbranched alkanes of at least 4 members (excludes halogenated alkanes) is 14. The van der Waals surface area contributed by atoms with Crippen LogP contribution < -0.4 is 11.1 Å². The number of phosphoric acid groups is 1. The Bertz CT molecular complexity index is 1020. The summed E-state index contributed by atoms with van der Waals surface area (Å²) in [5.41, 5.74) is 5.35. The molecule has 0 aromatic carbocycles. The maximum atomic E-state index is 12.7. The molecule has 3 atom stereocenters. The Morgan fingerprint density at radius 2 is 1.16 bits per heavy atom. The van der Waals surface area contributed by atoms with Gasteiger partial charge in [0.1, 0.15) is 0 Å². The van der Waals surface area contributed by atoms with E-state index in [0.717, 1.165) is 77.0 Å². The Kier molecular flexibility index (Phi) is 36.2. The van der Waals surface area contributed by atoms with Crippen molar-refractivity contribution in [3.8, 4) is 0 Å². The summed E-state index contributed by atoms with van der Waals surface area (Å²) in [4.78, 5) is 22.6. The van der Waals surface area contributed by atoms with Gasteiger partial charge in [0.25, 0.3) is 0 Å². The van der Waals surface area contributed by atoms with Gasteiger partial charge in [0.05, 0.1) is 25.4 Å². The molecule has 294 valence electrons. The molecule has 0 saturated heterocycles. The van der Waals surface area contributed by atoms with E-state index < -0.39 is 20.0 Å². The topological polar surface area (TPSA) is 131 Å². The zero-order valence-electron chi connectivity index (χ0n) is 32.3. The summed E-state index contributed by atoms with van der Waals surface area (Å²) in [5, 5.41) is 13.6. The van der Waals surface area contributed by atoms with Crippen LogP contribution in [0.3, 0.4) is 0 Å². The third kappa shape index (κ3) is 36.1. The van der Waals surface area contributed by atoms with E-state index in [9.17, 15) is 19.4 Å². The van der Waals surface area contributed by atoms with Crippen molar-refractivity contribution in [1.29, 1.82) is 0 Å². The average Bonchev–Trinajstić information content (AvgIpc) is 3.12. The van der Waals surface area contributed by atoms with Crippen LogP contribution in [0.1, 0.15) is 155 Å². The van der Waals surface area contributed by atoms with Gasteiger partial charge in [-0.3, -0.25) is 13.8 Å². The lowest BCUT2D eigenvalue weighted by Gasteiger charge is -2.23. The van der Waals surface area contributed by atoms with E-state index >= 15 is 0 Å².